The molecule has 3 nitrogen and oxygen atoms in total. The van der Waals surface area contributed by atoms with E-state index in [0.717, 1.165) is 12.8 Å². The first-order chi connectivity index (χ1) is 9.40. The molecule has 0 aromatic heterocycles. The Balaban J connectivity index is 2.15. The predicted molar refractivity (Wildman–Crippen MR) is 82.1 cm³/mol. The fourth-order valence-corrected chi connectivity index (χ4v) is 4.38. The molecule has 1 fully saturated rings. The van der Waals surface area contributed by atoms with Crippen LogP contribution in [0.15, 0.2) is 30.3 Å². The highest BCUT2D eigenvalue weighted by Crippen LogP contribution is 2.47. The highest BCUT2D eigenvalue weighted by molar-refractivity contribution is 7.61. The van der Waals surface area contributed by atoms with Crippen molar-refractivity contribution < 1.29 is 14.0 Å². The van der Waals surface area contributed by atoms with Crippen LogP contribution in [0.25, 0.3) is 0 Å². The van der Waals surface area contributed by atoms with Gasteiger partial charge in [0.05, 0.1) is 11.4 Å². The fourth-order valence-electron chi connectivity index (χ4n) is 3.10. The number of benzene rings is 1. The molecule has 0 bridgehead atoms. The van der Waals surface area contributed by atoms with Gasteiger partial charge in [-0.25, -0.2) is 0 Å². The van der Waals surface area contributed by atoms with Crippen LogP contribution in [0, 0.1) is 17.8 Å². The van der Waals surface area contributed by atoms with E-state index in [-0.39, 0.29) is 6.10 Å². The van der Waals surface area contributed by atoms with E-state index < -0.39 is 7.60 Å². The third-order valence-corrected chi connectivity index (χ3v) is 5.83. The summed E-state index contributed by atoms with van der Waals surface area (Å²) < 4.78 is 18.2. The summed E-state index contributed by atoms with van der Waals surface area (Å²) in [5.74, 6) is 1.41. The SMILES string of the molecule is CC(C)[C@@H]1CC[C@H](C)C[C@H]1OP(=O)(O)c1ccccc1. The Morgan fingerprint density at radius 1 is 1.25 bits per heavy atom. The second kappa shape index (κ2) is 6.43. The lowest BCUT2D eigenvalue weighted by Gasteiger charge is -2.37. The van der Waals surface area contributed by atoms with Gasteiger partial charge in [0.2, 0.25) is 0 Å². The van der Waals surface area contributed by atoms with Gasteiger partial charge in [-0.15, -0.1) is 0 Å². The van der Waals surface area contributed by atoms with Crippen molar-refractivity contribution in [2.24, 2.45) is 17.8 Å². The zero-order chi connectivity index (χ0) is 14.8. The van der Waals surface area contributed by atoms with Gasteiger partial charge in [-0.2, -0.15) is 0 Å². The van der Waals surface area contributed by atoms with E-state index in [0.29, 0.717) is 23.1 Å². The molecule has 1 unspecified atom stereocenters. The lowest BCUT2D eigenvalue weighted by Crippen LogP contribution is -2.34. The fraction of sp³-hybridized carbons (Fsp3) is 0.625. The standard InChI is InChI=1S/C16H25O3P/c1-12(2)15-10-9-13(3)11-16(15)19-20(17,18)14-7-5-4-6-8-14/h4-8,12-13,15-16H,9-11H2,1-3H3,(H,17,18)/t13-,15-,16+/m0/s1. The van der Waals surface area contributed by atoms with Gasteiger partial charge in [0.25, 0.3) is 0 Å². The first-order valence-electron chi connectivity index (χ1n) is 7.47. The zero-order valence-electron chi connectivity index (χ0n) is 12.5. The van der Waals surface area contributed by atoms with Gasteiger partial charge in [0, 0.05) is 0 Å². The van der Waals surface area contributed by atoms with Gasteiger partial charge in [0.15, 0.2) is 0 Å². The minimum atomic E-state index is -3.72. The van der Waals surface area contributed by atoms with Gasteiger partial charge < -0.3 is 9.42 Å². The molecule has 0 radical (unpaired) electrons. The largest absolute Gasteiger partial charge is 0.359 e. The molecule has 112 valence electrons. The van der Waals surface area contributed by atoms with E-state index in [1.54, 1.807) is 24.3 Å². The Morgan fingerprint density at radius 2 is 1.90 bits per heavy atom. The van der Waals surface area contributed by atoms with Crippen LogP contribution in [0.1, 0.15) is 40.0 Å². The molecule has 1 aromatic carbocycles. The summed E-state index contributed by atoms with van der Waals surface area (Å²) in [5, 5.41) is 0.390. The third-order valence-electron chi connectivity index (χ3n) is 4.32. The van der Waals surface area contributed by atoms with Crippen molar-refractivity contribution in [2.75, 3.05) is 0 Å². The number of hydrogen-bond donors (Lipinski definition) is 1. The van der Waals surface area contributed by atoms with Crippen molar-refractivity contribution in [1.82, 2.24) is 0 Å². The summed E-state index contributed by atoms with van der Waals surface area (Å²) in [4.78, 5) is 10.3. The maximum absolute atomic E-state index is 12.5. The Bertz CT molecular complexity index is 472. The van der Waals surface area contributed by atoms with Crippen LogP contribution >= 0.6 is 7.60 Å². The minimum absolute atomic E-state index is 0.116. The van der Waals surface area contributed by atoms with Gasteiger partial charge >= 0.3 is 7.60 Å². The molecule has 0 heterocycles. The van der Waals surface area contributed by atoms with Crippen molar-refractivity contribution in [3.63, 3.8) is 0 Å². The summed E-state index contributed by atoms with van der Waals surface area (Å²) in [5.41, 5.74) is 0. The molecule has 0 saturated heterocycles. The van der Waals surface area contributed by atoms with Gasteiger partial charge in [-0.3, -0.25) is 4.57 Å². The van der Waals surface area contributed by atoms with Crippen LogP contribution in [0.5, 0.6) is 0 Å². The first kappa shape index (κ1) is 15.8. The van der Waals surface area contributed by atoms with E-state index in [4.69, 9.17) is 4.52 Å². The van der Waals surface area contributed by atoms with Crippen LogP contribution in [0.4, 0.5) is 0 Å². The Kier molecular flexibility index (Phi) is 5.06. The second-order valence-corrected chi connectivity index (χ2v) is 8.09. The Labute approximate surface area is 121 Å². The smallest absolute Gasteiger partial charge is 0.321 e. The molecule has 0 aliphatic heterocycles. The zero-order valence-corrected chi connectivity index (χ0v) is 13.4. The van der Waals surface area contributed by atoms with Crippen LogP contribution in [0.3, 0.4) is 0 Å². The normalized spacial score (nSPS) is 30.1. The monoisotopic (exact) mass is 296 g/mol. The van der Waals surface area contributed by atoms with E-state index >= 15 is 0 Å². The predicted octanol–water partition coefficient (Wildman–Crippen LogP) is 3.97. The molecule has 1 aliphatic carbocycles. The maximum Gasteiger partial charge on any atom is 0.359 e. The van der Waals surface area contributed by atoms with E-state index in [2.05, 4.69) is 20.8 Å². The highest BCUT2D eigenvalue weighted by Gasteiger charge is 2.36. The van der Waals surface area contributed by atoms with E-state index in [1.165, 1.54) is 6.42 Å². The van der Waals surface area contributed by atoms with Crippen LogP contribution < -0.4 is 5.30 Å². The number of hydrogen-bond acceptors (Lipinski definition) is 2. The Hall–Kier alpha value is -0.630. The molecule has 1 saturated carbocycles. The minimum Gasteiger partial charge on any atom is -0.321 e. The van der Waals surface area contributed by atoms with Crippen molar-refractivity contribution in [1.29, 1.82) is 0 Å². The number of rotatable bonds is 4. The van der Waals surface area contributed by atoms with Gasteiger partial charge in [-0.1, -0.05) is 45.4 Å². The van der Waals surface area contributed by atoms with Crippen molar-refractivity contribution in [3.05, 3.63) is 30.3 Å². The molecule has 2 rings (SSSR count). The molecule has 1 N–H and O–H groups in total. The van der Waals surface area contributed by atoms with Crippen molar-refractivity contribution in [2.45, 2.75) is 46.1 Å². The lowest BCUT2D eigenvalue weighted by molar-refractivity contribution is 0.0402. The third kappa shape index (κ3) is 3.72. The summed E-state index contributed by atoms with van der Waals surface area (Å²) in [6, 6.07) is 8.70. The average molecular weight is 296 g/mol. The van der Waals surface area contributed by atoms with E-state index in [9.17, 15) is 9.46 Å². The van der Waals surface area contributed by atoms with Gasteiger partial charge in [0.1, 0.15) is 0 Å². The Morgan fingerprint density at radius 3 is 2.50 bits per heavy atom. The van der Waals surface area contributed by atoms with Crippen molar-refractivity contribution >= 4 is 12.9 Å². The first-order valence-corrected chi connectivity index (χ1v) is 9.04. The highest BCUT2D eigenvalue weighted by atomic mass is 31.2. The van der Waals surface area contributed by atoms with Gasteiger partial charge in [-0.05, 0) is 42.7 Å². The second-order valence-electron chi connectivity index (χ2n) is 6.33. The van der Waals surface area contributed by atoms with Crippen LogP contribution in [0.2, 0.25) is 0 Å². The summed E-state index contributed by atoms with van der Waals surface area (Å²) >= 11 is 0. The molecule has 4 atom stereocenters. The van der Waals surface area contributed by atoms with Crippen molar-refractivity contribution in [3.8, 4) is 0 Å². The topological polar surface area (TPSA) is 46.5 Å². The van der Waals surface area contributed by atoms with Crippen LogP contribution in [-0.2, 0) is 9.09 Å². The molecular formula is C16H25O3P. The maximum atomic E-state index is 12.5. The molecule has 1 aliphatic rings. The summed E-state index contributed by atoms with van der Waals surface area (Å²) in [6.07, 6.45) is 3.03. The summed E-state index contributed by atoms with van der Waals surface area (Å²) in [6.45, 7) is 6.53. The lowest BCUT2D eigenvalue weighted by atomic mass is 9.75. The summed E-state index contributed by atoms with van der Waals surface area (Å²) in [7, 11) is -3.72. The molecule has 20 heavy (non-hydrogen) atoms. The molecule has 4 heteroatoms. The molecule has 0 spiro atoms. The van der Waals surface area contributed by atoms with E-state index in [1.807, 2.05) is 6.07 Å². The molecular weight excluding hydrogens is 271 g/mol. The molecule has 0 amide bonds. The average Bonchev–Trinajstić information content (AvgIpc) is 2.39. The molecule has 1 aromatic rings. The van der Waals surface area contributed by atoms with Crippen LogP contribution in [-0.4, -0.2) is 11.0 Å². The quantitative estimate of drug-likeness (QED) is 0.855.